The van der Waals surface area contributed by atoms with E-state index < -0.39 is 5.54 Å². The number of carbonyl (C=O) groups is 2. The number of aromatic amines is 1. The van der Waals surface area contributed by atoms with E-state index in [1.807, 2.05) is 92.0 Å². The van der Waals surface area contributed by atoms with Gasteiger partial charge in [0, 0.05) is 41.7 Å². The van der Waals surface area contributed by atoms with Crippen LogP contribution in [0.2, 0.25) is 0 Å². The number of carbonyl (C=O) groups excluding carboxylic acids is 2. The van der Waals surface area contributed by atoms with E-state index in [9.17, 15) is 9.59 Å². The van der Waals surface area contributed by atoms with Gasteiger partial charge in [-0.1, -0.05) is 78.9 Å². The SMILES string of the molecule is C[C@@H]1C=C[C@](Cc2ccccc2)(C(=O)NCCc2c[nH]c3ccccc23)N1C(=O)c1ccccc1. The molecule has 0 saturated carbocycles. The summed E-state index contributed by atoms with van der Waals surface area (Å²) in [6.45, 7) is 2.44. The molecule has 5 heteroatoms. The van der Waals surface area contributed by atoms with Crippen molar-refractivity contribution in [2.75, 3.05) is 6.54 Å². The van der Waals surface area contributed by atoms with Gasteiger partial charge in [0.15, 0.2) is 0 Å². The van der Waals surface area contributed by atoms with E-state index >= 15 is 0 Å². The van der Waals surface area contributed by atoms with E-state index in [0.29, 0.717) is 24.9 Å². The average molecular weight is 464 g/mol. The van der Waals surface area contributed by atoms with E-state index in [1.54, 1.807) is 17.0 Å². The molecule has 1 aromatic heterocycles. The quantitative estimate of drug-likeness (QED) is 0.383. The maximum Gasteiger partial charge on any atom is 0.255 e. The summed E-state index contributed by atoms with van der Waals surface area (Å²) in [5.41, 5.74) is 2.72. The Hall–Kier alpha value is -4.12. The third-order valence-electron chi connectivity index (χ3n) is 6.79. The molecule has 2 N–H and O–H groups in total. The smallest absolute Gasteiger partial charge is 0.255 e. The van der Waals surface area contributed by atoms with Crippen molar-refractivity contribution in [1.82, 2.24) is 15.2 Å². The van der Waals surface area contributed by atoms with E-state index in [4.69, 9.17) is 0 Å². The third-order valence-corrected chi connectivity index (χ3v) is 6.79. The molecule has 2 amide bonds. The number of H-pyrrole nitrogens is 1. The topological polar surface area (TPSA) is 65.2 Å². The van der Waals surface area contributed by atoms with Crippen LogP contribution in [0.25, 0.3) is 10.9 Å². The fourth-order valence-electron chi connectivity index (χ4n) is 5.03. The summed E-state index contributed by atoms with van der Waals surface area (Å²) >= 11 is 0. The predicted molar refractivity (Wildman–Crippen MR) is 139 cm³/mol. The Morgan fingerprint density at radius 1 is 0.943 bits per heavy atom. The number of hydrogen-bond acceptors (Lipinski definition) is 2. The molecule has 0 fully saturated rings. The van der Waals surface area contributed by atoms with Crippen molar-refractivity contribution in [3.63, 3.8) is 0 Å². The highest BCUT2D eigenvalue weighted by molar-refractivity contribution is 6.01. The number of rotatable bonds is 7. The molecule has 1 aliphatic heterocycles. The number of amides is 2. The van der Waals surface area contributed by atoms with Crippen LogP contribution in [0.15, 0.2) is 103 Å². The highest BCUT2D eigenvalue weighted by Crippen LogP contribution is 2.33. The lowest BCUT2D eigenvalue weighted by Crippen LogP contribution is -2.60. The molecule has 1 aliphatic rings. The molecular weight excluding hydrogens is 434 g/mol. The van der Waals surface area contributed by atoms with Crippen molar-refractivity contribution in [3.8, 4) is 0 Å². The number of para-hydroxylation sites is 1. The molecule has 3 aromatic carbocycles. The molecule has 0 bridgehead atoms. The van der Waals surface area contributed by atoms with Crippen LogP contribution in [0.1, 0.15) is 28.4 Å². The first-order chi connectivity index (χ1) is 17.1. The van der Waals surface area contributed by atoms with Gasteiger partial charge < -0.3 is 15.2 Å². The molecule has 2 atom stereocenters. The van der Waals surface area contributed by atoms with Crippen LogP contribution >= 0.6 is 0 Å². The Morgan fingerprint density at radius 3 is 2.40 bits per heavy atom. The maximum atomic E-state index is 13.9. The summed E-state index contributed by atoms with van der Waals surface area (Å²) in [6, 6.07) is 27.0. The Morgan fingerprint density at radius 2 is 1.63 bits per heavy atom. The second kappa shape index (κ2) is 9.63. The predicted octanol–water partition coefficient (Wildman–Crippen LogP) is 4.91. The Labute approximate surface area is 205 Å². The minimum atomic E-state index is -1.10. The van der Waals surface area contributed by atoms with Crippen molar-refractivity contribution in [3.05, 3.63) is 120 Å². The summed E-state index contributed by atoms with van der Waals surface area (Å²) in [4.78, 5) is 32.6. The summed E-state index contributed by atoms with van der Waals surface area (Å²) in [7, 11) is 0. The van der Waals surface area contributed by atoms with Gasteiger partial charge in [0.2, 0.25) is 5.91 Å². The molecule has 5 rings (SSSR count). The normalized spacial score (nSPS) is 19.2. The minimum Gasteiger partial charge on any atom is -0.361 e. The summed E-state index contributed by atoms with van der Waals surface area (Å²) < 4.78 is 0. The van der Waals surface area contributed by atoms with Crippen LogP contribution < -0.4 is 5.32 Å². The Balaban J connectivity index is 1.42. The zero-order chi connectivity index (χ0) is 24.3. The lowest BCUT2D eigenvalue weighted by Gasteiger charge is -2.39. The Bertz CT molecular complexity index is 1360. The molecular formula is C30H29N3O2. The number of benzene rings is 3. The second-order valence-electron chi connectivity index (χ2n) is 9.09. The standard InChI is InChI=1S/C30H29N3O2/c1-22-16-18-30(20-23-10-4-2-5-11-23,33(22)28(34)24-12-6-3-7-13-24)29(35)31-19-17-25-21-32-27-15-9-8-14-26(25)27/h2-16,18,21-22,32H,17,19-20H2,1H3,(H,31,35)/t22-,30+/m1/s1. The monoisotopic (exact) mass is 463 g/mol. The van der Waals surface area contributed by atoms with Crippen molar-refractivity contribution >= 4 is 22.7 Å². The number of hydrogen-bond donors (Lipinski definition) is 2. The average Bonchev–Trinajstić information content (AvgIpc) is 3.46. The van der Waals surface area contributed by atoms with Gasteiger partial charge in [-0.05, 0) is 42.7 Å². The fourth-order valence-corrected chi connectivity index (χ4v) is 5.03. The molecule has 0 radical (unpaired) electrons. The largest absolute Gasteiger partial charge is 0.361 e. The zero-order valence-corrected chi connectivity index (χ0v) is 19.8. The zero-order valence-electron chi connectivity index (χ0n) is 19.8. The second-order valence-corrected chi connectivity index (χ2v) is 9.09. The van der Waals surface area contributed by atoms with E-state index in [-0.39, 0.29) is 17.9 Å². The summed E-state index contributed by atoms with van der Waals surface area (Å²) in [5.74, 6) is -0.308. The van der Waals surface area contributed by atoms with Crippen molar-refractivity contribution in [2.24, 2.45) is 0 Å². The van der Waals surface area contributed by atoms with Gasteiger partial charge in [0.1, 0.15) is 5.54 Å². The fraction of sp³-hybridized carbons (Fsp3) is 0.200. The highest BCUT2D eigenvalue weighted by Gasteiger charge is 2.49. The molecule has 0 saturated heterocycles. The van der Waals surface area contributed by atoms with Crippen molar-refractivity contribution in [2.45, 2.75) is 31.3 Å². The number of fused-ring (bicyclic) bond motifs is 1. The van der Waals surface area contributed by atoms with Crippen LogP contribution in [0, 0.1) is 0 Å². The van der Waals surface area contributed by atoms with E-state index in [0.717, 1.165) is 22.0 Å². The first-order valence-electron chi connectivity index (χ1n) is 12.0. The lowest BCUT2D eigenvalue weighted by molar-refractivity contribution is -0.129. The minimum absolute atomic E-state index is 0.147. The van der Waals surface area contributed by atoms with Gasteiger partial charge >= 0.3 is 0 Å². The van der Waals surface area contributed by atoms with Crippen molar-refractivity contribution in [1.29, 1.82) is 0 Å². The highest BCUT2D eigenvalue weighted by atomic mass is 16.2. The first kappa shape index (κ1) is 22.7. The van der Waals surface area contributed by atoms with E-state index in [1.165, 1.54) is 0 Å². The van der Waals surface area contributed by atoms with Crippen LogP contribution in [0.3, 0.4) is 0 Å². The molecule has 0 aliphatic carbocycles. The number of nitrogens with one attached hydrogen (secondary N) is 2. The van der Waals surface area contributed by atoms with E-state index in [2.05, 4.69) is 16.4 Å². The molecule has 4 aromatic rings. The lowest BCUT2D eigenvalue weighted by atomic mass is 9.88. The van der Waals surface area contributed by atoms with Gasteiger partial charge in [-0.25, -0.2) is 0 Å². The molecule has 176 valence electrons. The number of aromatic nitrogens is 1. The van der Waals surface area contributed by atoms with Crippen LogP contribution in [0.5, 0.6) is 0 Å². The van der Waals surface area contributed by atoms with Gasteiger partial charge in [-0.2, -0.15) is 0 Å². The van der Waals surface area contributed by atoms with Crippen LogP contribution in [-0.2, 0) is 17.6 Å². The molecule has 0 spiro atoms. The summed E-state index contributed by atoms with van der Waals surface area (Å²) in [6.07, 6.45) is 6.98. The molecule has 5 nitrogen and oxygen atoms in total. The molecule has 35 heavy (non-hydrogen) atoms. The van der Waals surface area contributed by atoms with Gasteiger partial charge in [0.25, 0.3) is 5.91 Å². The Kier molecular flexibility index (Phi) is 6.23. The third kappa shape index (κ3) is 4.37. The van der Waals surface area contributed by atoms with Gasteiger partial charge in [-0.3, -0.25) is 9.59 Å². The van der Waals surface area contributed by atoms with Crippen LogP contribution in [0.4, 0.5) is 0 Å². The first-order valence-corrected chi connectivity index (χ1v) is 12.0. The molecule has 2 heterocycles. The van der Waals surface area contributed by atoms with Crippen LogP contribution in [-0.4, -0.2) is 39.8 Å². The summed E-state index contributed by atoms with van der Waals surface area (Å²) in [5, 5.41) is 4.31. The van der Waals surface area contributed by atoms with Gasteiger partial charge in [0.05, 0.1) is 0 Å². The maximum absolute atomic E-state index is 13.9. The van der Waals surface area contributed by atoms with Gasteiger partial charge in [-0.15, -0.1) is 0 Å². The van der Waals surface area contributed by atoms with Crippen molar-refractivity contribution < 1.29 is 9.59 Å². The molecule has 0 unspecified atom stereocenters. The number of nitrogens with zero attached hydrogens (tertiary/aromatic N) is 1.